The van der Waals surface area contributed by atoms with E-state index in [1.165, 1.54) is 9.80 Å². The second-order valence-corrected chi connectivity index (χ2v) is 6.41. The average Bonchev–Trinajstić information content (AvgIpc) is 3.33. The van der Waals surface area contributed by atoms with Crippen molar-refractivity contribution in [2.75, 3.05) is 13.1 Å². The molecule has 2 amide bonds. The van der Waals surface area contributed by atoms with Crippen molar-refractivity contribution in [3.8, 4) is 0 Å². The van der Waals surface area contributed by atoms with Crippen LogP contribution in [0.3, 0.4) is 0 Å². The van der Waals surface area contributed by atoms with Gasteiger partial charge in [-0.25, -0.2) is 0 Å². The molecule has 0 aromatic heterocycles. The van der Waals surface area contributed by atoms with Crippen molar-refractivity contribution in [1.82, 2.24) is 9.80 Å². The molecule has 8 nitrogen and oxygen atoms in total. The van der Waals surface area contributed by atoms with E-state index in [0.717, 1.165) is 0 Å². The fraction of sp³-hybridized carbons (Fsp3) is 0.667. The van der Waals surface area contributed by atoms with E-state index in [-0.39, 0.29) is 23.4 Å². The van der Waals surface area contributed by atoms with Crippen LogP contribution in [0.2, 0.25) is 0 Å². The molecule has 0 N–H and O–H groups in total. The molecule has 6 rings (SSSR count). The summed E-state index contributed by atoms with van der Waals surface area (Å²) in [4.78, 5) is 50.3. The monoisotopic (exact) mass is 272 g/mol. The van der Waals surface area contributed by atoms with Crippen LogP contribution in [0.4, 0.5) is 0 Å². The zero-order valence-corrected chi connectivity index (χ0v) is 10.3. The van der Waals surface area contributed by atoms with Crippen LogP contribution in [0, 0.1) is 0 Å². The summed E-state index contributed by atoms with van der Waals surface area (Å²) in [7, 11) is 0. The van der Waals surface area contributed by atoms with Crippen molar-refractivity contribution in [3.63, 3.8) is 0 Å². The van der Waals surface area contributed by atoms with Gasteiger partial charge in [0.25, 0.3) is 11.8 Å². The second-order valence-electron chi connectivity index (χ2n) is 6.41. The Balaban J connectivity index is 1.42. The molecule has 0 aromatic carbocycles. The van der Waals surface area contributed by atoms with Crippen LogP contribution in [0.25, 0.3) is 0 Å². The van der Waals surface area contributed by atoms with E-state index in [1.807, 2.05) is 0 Å². The lowest BCUT2D eigenvalue weighted by Crippen LogP contribution is -2.18. The van der Waals surface area contributed by atoms with Gasteiger partial charge >= 0.3 is 0 Å². The van der Waals surface area contributed by atoms with Gasteiger partial charge in [-0.2, -0.15) is 10.2 Å². The largest absolute Gasteiger partial charge is 0.316 e. The maximum absolute atomic E-state index is 12.0. The van der Waals surface area contributed by atoms with Crippen LogP contribution in [0.15, 0.2) is 10.2 Å². The van der Waals surface area contributed by atoms with E-state index in [2.05, 4.69) is 10.2 Å². The molecule has 4 heterocycles. The molecule has 0 radical (unpaired) electrons. The van der Waals surface area contributed by atoms with Crippen molar-refractivity contribution in [2.45, 2.75) is 35.0 Å². The molecule has 0 bridgehead atoms. The average molecular weight is 272 g/mol. The summed E-state index contributed by atoms with van der Waals surface area (Å²) in [5.74, 6) is -0.726. The van der Waals surface area contributed by atoms with E-state index in [9.17, 15) is 19.2 Å². The van der Waals surface area contributed by atoms with E-state index < -0.39 is 22.2 Å². The van der Waals surface area contributed by atoms with Gasteiger partial charge in [-0.3, -0.25) is 19.2 Å². The number of azo groups is 1. The summed E-state index contributed by atoms with van der Waals surface area (Å²) >= 11 is 0. The van der Waals surface area contributed by atoms with Crippen molar-refractivity contribution >= 4 is 23.4 Å². The molecule has 4 saturated heterocycles. The highest BCUT2D eigenvalue weighted by Crippen LogP contribution is 2.71. The van der Waals surface area contributed by atoms with Crippen LogP contribution in [-0.2, 0) is 19.2 Å². The van der Waals surface area contributed by atoms with Gasteiger partial charge < -0.3 is 9.80 Å². The highest BCUT2D eigenvalue weighted by molar-refractivity contribution is 6.43. The quantitative estimate of drug-likeness (QED) is 0.331. The van der Waals surface area contributed by atoms with Gasteiger partial charge in [0.15, 0.2) is 11.1 Å². The third-order valence-electron chi connectivity index (χ3n) is 6.09. The third kappa shape index (κ3) is 0.512. The molecule has 4 unspecified atom stereocenters. The highest BCUT2D eigenvalue weighted by Gasteiger charge is 3.01. The number of piperidine rings is 4. The minimum absolute atomic E-state index is 0.169. The summed E-state index contributed by atoms with van der Waals surface area (Å²) in [5.41, 5.74) is -4.17. The van der Waals surface area contributed by atoms with Crippen LogP contribution in [0.5, 0.6) is 0 Å². The van der Waals surface area contributed by atoms with Gasteiger partial charge in [0.2, 0.25) is 22.6 Å². The Morgan fingerprint density at radius 2 is 1.15 bits per heavy atom. The number of hydrogen-bond acceptors (Lipinski definition) is 6. The zero-order chi connectivity index (χ0) is 13.7. The first-order valence-corrected chi connectivity index (χ1v) is 6.70. The fourth-order valence-electron chi connectivity index (χ4n) is 4.76. The maximum atomic E-state index is 12.0. The Labute approximate surface area is 111 Å². The maximum Gasteiger partial charge on any atom is 0.260 e. The fourth-order valence-corrected chi connectivity index (χ4v) is 4.76. The lowest BCUT2D eigenvalue weighted by molar-refractivity contribution is -0.116. The Morgan fingerprint density at radius 1 is 0.750 bits per heavy atom. The molecule has 2 saturated carbocycles. The van der Waals surface area contributed by atoms with Crippen LogP contribution in [-0.4, -0.2) is 68.4 Å². The Bertz CT molecular complexity index is 699. The number of carbonyl (C=O) groups excluding carboxylic acids is 4. The Kier molecular flexibility index (Phi) is 0.984. The summed E-state index contributed by atoms with van der Waals surface area (Å²) in [5, 5.41) is 8.28. The first kappa shape index (κ1) is 9.73. The molecule has 100 valence electrons. The van der Waals surface area contributed by atoms with Crippen molar-refractivity contribution in [2.24, 2.45) is 10.2 Å². The van der Waals surface area contributed by atoms with Crippen molar-refractivity contribution < 1.29 is 19.2 Å². The van der Waals surface area contributed by atoms with Gasteiger partial charge in [0.1, 0.15) is 0 Å². The SMILES string of the molecule is O=C1N2CCC3(N=NC45CCN6C(=O)C64C5=O)C(=O)C123. The van der Waals surface area contributed by atoms with E-state index in [4.69, 9.17) is 0 Å². The first-order chi connectivity index (χ1) is 9.52. The molecule has 2 aliphatic carbocycles. The number of hydrogen-bond donors (Lipinski definition) is 0. The van der Waals surface area contributed by atoms with Crippen molar-refractivity contribution in [3.05, 3.63) is 0 Å². The lowest BCUT2D eigenvalue weighted by atomic mass is 10.1. The standard InChI is InChI=1S/C12H8N4O4/c17-5-9(1-3-15-7(19)11(5,9)15)13-14-10-2-4-16-8(20)12(10,16)6(10)18/h1-4H2. The summed E-state index contributed by atoms with van der Waals surface area (Å²) in [6.07, 6.45) is 0.964. The summed E-state index contributed by atoms with van der Waals surface area (Å²) in [6, 6.07) is 0. The van der Waals surface area contributed by atoms with Crippen molar-refractivity contribution in [1.29, 1.82) is 0 Å². The number of Topliss-reactive ketones (excluding diaryl/α,β-unsaturated/α-hetero) is 2. The highest BCUT2D eigenvalue weighted by atomic mass is 16.2. The third-order valence-corrected chi connectivity index (χ3v) is 6.09. The van der Waals surface area contributed by atoms with Gasteiger partial charge in [0.05, 0.1) is 0 Å². The Morgan fingerprint density at radius 3 is 1.45 bits per heavy atom. The van der Waals surface area contributed by atoms with E-state index in [0.29, 0.717) is 25.9 Å². The molecule has 4 aliphatic heterocycles. The number of amides is 2. The predicted octanol–water partition coefficient (Wildman–Crippen LogP) is -1.95. The molecule has 0 aromatic rings. The van der Waals surface area contributed by atoms with E-state index in [1.54, 1.807) is 0 Å². The normalized spacial score (nSPS) is 56.0. The lowest BCUT2D eigenvalue weighted by Gasteiger charge is -2.04. The molecule has 20 heavy (non-hydrogen) atoms. The predicted molar refractivity (Wildman–Crippen MR) is 58.5 cm³/mol. The minimum Gasteiger partial charge on any atom is -0.316 e. The molecule has 6 fully saturated rings. The van der Waals surface area contributed by atoms with Gasteiger partial charge in [0, 0.05) is 25.9 Å². The minimum atomic E-state index is -1.05. The molecule has 8 heteroatoms. The summed E-state index contributed by atoms with van der Waals surface area (Å²) < 4.78 is 0. The summed E-state index contributed by atoms with van der Waals surface area (Å²) in [6.45, 7) is 1.06. The van der Waals surface area contributed by atoms with Gasteiger partial charge in [-0.05, 0) is 0 Å². The number of nitrogens with zero attached hydrogens (tertiary/aromatic N) is 4. The van der Waals surface area contributed by atoms with Gasteiger partial charge in [-0.15, -0.1) is 0 Å². The zero-order valence-electron chi connectivity index (χ0n) is 10.3. The topological polar surface area (TPSA) is 99.0 Å². The van der Waals surface area contributed by atoms with Crippen LogP contribution >= 0.6 is 0 Å². The number of rotatable bonds is 2. The molecular formula is C12H8N4O4. The smallest absolute Gasteiger partial charge is 0.260 e. The van der Waals surface area contributed by atoms with Crippen LogP contribution in [0.1, 0.15) is 12.8 Å². The number of carbonyl (C=O) groups is 4. The Hall–Kier alpha value is -2.12. The van der Waals surface area contributed by atoms with Crippen LogP contribution < -0.4 is 0 Å². The molecule has 4 atom stereocenters. The molecule has 6 aliphatic rings. The molecular weight excluding hydrogens is 264 g/mol. The van der Waals surface area contributed by atoms with Gasteiger partial charge in [-0.1, -0.05) is 0 Å². The second kappa shape index (κ2) is 2.02. The number of ketones is 2. The van der Waals surface area contributed by atoms with E-state index >= 15 is 0 Å². The first-order valence-electron chi connectivity index (χ1n) is 6.70. The molecule has 2 spiro atoms.